The lowest BCUT2D eigenvalue weighted by Crippen LogP contribution is -2.44. The summed E-state index contributed by atoms with van der Waals surface area (Å²) < 4.78 is 5.80. The number of piperidine rings is 1. The Kier molecular flexibility index (Phi) is 8.07. The number of aryl methyl sites for hydroxylation is 1. The van der Waals surface area contributed by atoms with Crippen LogP contribution in [0.2, 0.25) is 0 Å². The number of nitrogens with two attached hydrogens (primary N) is 1. The molecule has 27 heavy (non-hydrogen) atoms. The first-order chi connectivity index (χ1) is 12.6. The lowest BCUT2D eigenvalue weighted by molar-refractivity contribution is -0.138. The van der Waals surface area contributed by atoms with Gasteiger partial charge >= 0.3 is 0 Å². The van der Waals surface area contributed by atoms with E-state index in [0.29, 0.717) is 39.2 Å². The van der Waals surface area contributed by atoms with Crippen LogP contribution >= 0.6 is 12.4 Å². The average Bonchev–Trinajstić information content (AvgIpc) is 3.04. The second kappa shape index (κ2) is 10.1. The van der Waals surface area contributed by atoms with Gasteiger partial charge in [-0.25, -0.2) is 0 Å². The fourth-order valence-electron chi connectivity index (χ4n) is 3.68. The number of rotatable bonds is 6. The quantitative estimate of drug-likeness (QED) is 0.748. The predicted octanol–water partition coefficient (Wildman–Crippen LogP) is 2.13. The monoisotopic (exact) mass is 395 g/mol. The van der Waals surface area contributed by atoms with Crippen molar-refractivity contribution in [3.05, 3.63) is 29.8 Å². The van der Waals surface area contributed by atoms with Gasteiger partial charge in [0.1, 0.15) is 0 Å². The van der Waals surface area contributed by atoms with E-state index in [1.165, 1.54) is 0 Å². The fourth-order valence-corrected chi connectivity index (χ4v) is 3.68. The number of halogens is 1. The van der Waals surface area contributed by atoms with Gasteiger partial charge in [-0.3, -0.25) is 9.59 Å². The van der Waals surface area contributed by atoms with E-state index in [9.17, 15) is 9.59 Å². The first-order valence-electron chi connectivity index (χ1n) is 9.56. The Morgan fingerprint density at radius 1 is 1.22 bits per heavy atom. The van der Waals surface area contributed by atoms with Gasteiger partial charge in [-0.15, -0.1) is 12.4 Å². The molecule has 1 unspecified atom stereocenters. The third-order valence-electron chi connectivity index (χ3n) is 5.28. The highest BCUT2D eigenvalue weighted by molar-refractivity contribution is 6.00. The molecule has 1 aromatic rings. The zero-order valence-corrected chi connectivity index (χ0v) is 16.7. The largest absolute Gasteiger partial charge is 0.378 e. The Hall–Kier alpha value is -1.63. The van der Waals surface area contributed by atoms with E-state index in [2.05, 4.69) is 0 Å². The van der Waals surface area contributed by atoms with E-state index in [4.69, 9.17) is 10.5 Å². The molecule has 7 heteroatoms. The minimum atomic E-state index is -0.237. The Bertz CT molecular complexity index is 630. The summed E-state index contributed by atoms with van der Waals surface area (Å²) in [5, 5.41) is 0. The maximum absolute atomic E-state index is 12.8. The van der Waals surface area contributed by atoms with Crippen molar-refractivity contribution in [1.29, 1.82) is 0 Å². The second-order valence-corrected chi connectivity index (χ2v) is 7.28. The van der Waals surface area contributed by atoms with Crippen LogP contribution in [0.15, 0.2) is 24.3 Å². The van der Waals surface area contributed by atoms with Crippen LogP contribution in [-0.4, -0.2) is 55.6 Å². The highest BCUT2D eigenvalue weighted by atomic mass is 35.5. The molecule has 0 aliphatic carbocycles. The fraction of sp³-hybridized carbons (Fsp3) is 0.600. The summed E-state index contributed by atoms with van der Waals surface area (Å²) in [4.78, 5) is 28.9. The summed E-state index contributed by atoms with van der Waals surface area (Å²) in [7, 11) is 0. The lowest BCUT2D eigenvalue weighted by Gasteiger charge is -2.33. The Balaban J connectivity index is 0.00000261. The van der Waals surface area contributed by atoms with Gasteiger partial charge in [0.2, 0.25) is 11.8 Å². The molecular weight excluding hydrogens is 366 g/mol. The number of carbonyl (C=O) groups is 2. The van der Waals surface area contributed by atoms with E-state index >= 15 is 0 Å². The standard InChI is InChI=1S/C20H29N3O3.ClH/c1-15-3-5-17(6-4-15)23-14-16(13-19(23)24)20(25)22-10-7-18(8-11-22)26-12-2-9-21;/h3-6,16,18H,2,7-14,21H2,1H3;1H. The third-order valence-corrected chi connectivity index (χ3v) is 5.28. The number of benzene rings is 1. The van der Waals surface area contributed by atoms with Crippen molar-refractivity contribution < 1.29 is 14.3 Å². The van der Waals surface area contributed by atoms with Crippen LogP contribution in [0.25, 0.3) is 0 Å². The molecule has 3 rings (SSSR count). The zero-order valence-electron chi connectivity index (χ0n) is 15.9. The zero-order chi connectivity index (χ0) is 18.5. The SMILES string of the molecule is Cc1ccc(N2CC(C(=O)N3CCC(OCCCN)CC3)CC2=O)cc1.Cl. The highest BCUT2D eigenvalue weighted by Gasteiger charge is 2.38. The van der Waals surface area contributed by atoms with Crippen LogP contribution in [-0.2, 0) is 14.3 Å². The highest BCUT2D eigenvalue weighted by Crippen LogP contribution is 2.27. The summed E-state index contributed by atoms with van der Waals surface area (Å²) in [6.07, 6.45) is 3.12. The summed E-state index contributed by atoms with van der Waals surface area (Å²) in [5.74, 6) is -0.0981. The first-order valence-corrected chi connectivity index (χ1v) is 9.56. The molecule has 0 saturated carbocycles. The van der Waals surface area contributed by atoms with E-state index in [1.54, 1.807) is 4.90 Å². The topological polar surface area (TPSA) is 75.9 Å². The number of hydrogen-bond donors (Lipinski definition) is 1. The van der Waals surface area contributed by atoms with Gasteiger partial charge in [0.05, 0.1) is 12.0 Å². The molecule has 6 nitrogen and oxygen atoms in total. The van der Waals surface area contributed by atoms with Crippen molar-refractivity contribution >= 4 is 29.9 Å². The van der Waals surface area contributed by atoms with E-state index in [1.807, 2.05) is 36.1 Å². The lowest BCUT2D eigenvalue weighted by atomic mass is 10.0. The van der Waals surface area contributed by atoms with Crippen LogP contribution in [0.3, 0.4) is 0 Å². The number of likely N-dealkylation sites (tertiary alicyclic amines) is 1. The van der Waals surface area contributed by atoms with Gasteiger partial charge in [-0.1, -0.05) is 17.7 Å². The van der Waals surface area contributed by atoms with Crippen LogP contribution < -0.4 is 10.6 Å². The van der Waals surface area contributed by atoms with Crippen LogP contribution in [0.5, 0.6) is 0 Å². The molecule has 0 radical (unpaired) electrons. The van der Waals surface area contributed by atoms with E-state index in [0.717, 1.165) is 30.5 Å². The minimum Gasteiger partial charge on any atom is -0.378 e. The predicted molar refractivity (Wildman–Crippen MR) is 108 cm³/mol. The summed E-state index contributed by atoms with van der Waals surface area (Å²) >= 11 is 0. The maximum atomic E-state index is 12.8. The van der Waals surface area contributed by atoms with Crippen molar-refractivity contribution in [2.45, 2.75) is 38.7 Å². The third kappa shape index (κ3) is 5.43. The van der Waals surface area contributed by atoms with Gasteiger partial charge in [-0.05, 0) is 44.9 Å². The summed E-state index contributed by atoms with van der Waals surface area (Å²) in [6.45, 7) is 5.25. The molecule has 2 amide bonds. The molecule has 0 bridgehead atoms. The number of amides is 2. The number of anilines is 1. The summed E-state index contributed by atoms with van der Waals surface area (Å²) in [6, 6.07) is 7.88. The number of carbonyl (C=O) groups excluding carboxylic acids is 2. The number of hydrogen-bond acceptors (Lipinski definition) is 4. The molecule has 2 aliphatic rings. The molecule has 0 aromatic heterocycles. The number of ether oxygens (including phenoxy) is 1. The van der Waals surface area contributed by atoms with Gasteiger partial charge in [0, 0.05) is 38.3 Å². The molecule has 2 saturated heterocycles. The van der Waals surface area contributed by atoms with Crippen molar-refractivity contribution in [2.75, 3.05) is 37.7 Å². The molecule has 2 N–H and O–H groups in total. The van der Waals surface area contributed by atoms with Crippen molar-refractivity contribution in [2.24, 2.45) is 11.7 Å². The van der Waals surface area contributed by atoms with Crippen molar-refractivity contribution in [3.8, 4) is 0 Å². The van der Waals surface area contributed by atoms with Gasteiger partial charge in [0.15, 0.2) is 0 Å². The number of nitrogens with zero attached hydrogens (tertiary/aromatic N) is 2. The molecule has 2 heterocycles. The maximum Gasteiger partial charge on any atom is 0.228 e. The van der Waals surface area contributed by atoms with Crippen molar-refractivity contribution in [1.82, 2.24) is 4.90 Å². The Morgan fingerprint density at radius 2 is 1.89 bits per heavy atom. The minimum absolute atomic E-state index is 0. The smallest absolute Gasteiger partial charge is 0.228 e. The Labute approximate surface area is 167 Å². The second-order valence-electron chi connectivity index (χ2n) is 7.28. The van der Waals surface area contributed by atoms with E-state index in [-0.39, 0.29) is 36.2 Å². The molecule has 1 atom stereocenters. The van der Waals surface area contributed by atoms with Gasteiger partial charge in [-0.2, -0.15) is 0 Å². The normalized spacial score (nSPS) is 20.7. The Morgan fingerprint density at radius 3 is 2.52 bits per heavy atom. The molecular formula is C20H30ClN3O3. The van der Waals surface area contributed by atoms with Crippen LogP contribution in [0, 0.1) is 12.8 Å². The molecule has 2 fully saturated rings. The molecule has 150 valence electrons. The molecule has 1 aromatic carbocycles. The van der Waals surface area contributed by atoms with Crippen LogP contribution in [0.4, 0.5) is 5.69 Å². The average molecular weight is 396 g/mol. The summed E-state index contributed by atoms with van der Waals surface area (Å²) in [5.41, 5.74) is 7.52. The van der Waals surface area contributed by atoms with Gasteiger partial charge in [0.25, 0.3) is 0 Å². The first kappa shape index (κ1) is 21.7. The van der Waals surface area contributed by atoms with E-state index < -0.39 is 0 Å². The van der Waals surface area contributed by atoms with Crippen LogP contribution in [0.1, 0.15) is 31.2 Å². The molecule has 2 aliphatic heterocycles. The van der Waals surface area contributed by atoms with Gasteiger partial charge < -0.3 is 20.3 Å². The molecule has 0 spiro atoms. The van der Waals surface area contributed by atoms with Crippen molar-refractivity contribution in [3.63, 3.8) is 0 Å².